The van der Waals surface area contributed by atoms with Crippen molar-refractivity contribution in [3.63, 3.8) is 0 Å². The molecule has 0 amide bonds. The number of nitrogens with zero attached hydrogens (tertiary/aromatic N) is 5. The van der Waals surface area contributed by atoms with Crippen LogP contribution in [0.25, 0.3) is 0 Å². The summed E-state index contributed by atoms with van der Waals surface area (Å²) in [5.41, 5.74) is 3.54. The Morgan fingerprint density at radius 2 is 1.96 bits per heavy atom. The summed E-state index contributed by atoms with van der Waals surface area (Å²) in [4.78, 5) is 2.16. The Labute approximate surface area is 157 Å². The average molecular weight is 361 g/mol. The summed E-state index contributed by atoms with van der Waals surface area (Å²) in [6.45, 7) is 2.02. The van der Waals surface area contributed by atoms with Crippen LogP contribution in [0.5, 0.6) is 5.75 Å². The quantitative estimate of drug-likeness (QED) is 0.695. The first-order valence-corrected chi connectivity index (χ1v) is 8.68. The Morgan fingerprint density at radius 1 is 1.19 bits per heavy atom. The largest absolute Gasteiger partial charge is 0.497 e. The first-order chi connectivity index (χ1) is 13.3. The van der Waals surface area contributed by atoms with Crippen LogP contribution >= 0.6 is 0 Å². The maximum absolute atomic E-state index is 8.89. The molecule has 0 bridgehead atoms. The molecule has 4 rings (SSSR count). The van der Waals surface area contributed by atoms with Crippen molar-refractivity contribution in [2.75, 3.05) is 25.2 Å². The van der Waals surface area contributed by atoms with Crippen LogP contribution in [0.4, 0.5) is 5.69 Å². The Kier molecular flexibility index (Phi) is 4.73. The lowest BCUT2D eigenvalue weighted by Crippen LogP contribution is -2.23. The van der Waals surface area contributed by atoms with Crippen LogP contribution in [0.15, 0.2) is 54.7 Å². The van der Waals surface area contributed by atoms with Crippen molar-refractivity contribution in [2.24, 2.45) is 0 Å². The third-order valence-corrected chi connectivity index (χ3v) is 4.53. The number of nitriles is 1. The molecular weight excluding hydrogens is 342 g/mol. The maximum atomic E-state index is 8.89. The number of methoxy groups -OCH3 is 1. The van der Waals surface area contributed by atoms with Gasteiger partial charge in [-0.2, -0.15) is 5.26 Å². The predicted octanol–water partition coefficient (Wildman–Crippen LogP) is 2.74. The van der Waals surface area contributed by atoms with Crippen LogP contribution in [0.1, 0.15) is 23.0 Å². The van der Waals surface area contributed by atoms with E-state index in [-0.39, 0.29) is 6.23 Å². The van der Waals surface area contributed by atoms with Crippen molar-refractivity contribution >= 4 is 5.69 Å². The maximum Gasteiger partial charge on any atom is 0.177 e. The van der Waals surface area contributed by atoms with Crippen molar-refractivity contribution in [3.05, 3.63) is 71.5 Å². The Hall–Kier alpha value is -3.37. The van der Waals surface area contributed by atoms with Gasteiger partial charge in [0.2, 0.25) is 0 Å². The number of anilines is 1. The molecule has 27 heavy (non-hydrogen) atoms. The predicted molar refractivity (Wildman–Crippen MR) is 99.3 cm³/mol. The second kappa shape index (κ2) is 7.48. The van der Waals surface area contributed by atoms with Crippen molar-refractivity contribution in [3.8, 4) is 11.8 Å². The molecule has 7 nitrogen and oxygen atoms in total. The molecule has 3 aromatic rings. The Balaban J connectivity index is 1.50. The van der Waals surface area contributed by atoms with Crippen LogP contribution in [0.2, 0.25) is 0 Å². The highest BCUT2D eigenvalue weighted by molar-refractivity contribution is 5.50. The van der Waals surface area contributed by atoms with Crippen LogP contribution in [-0.4, -0.2) is 35.3 Å². The van der Waals surface area contributed by atoms with Gasteiger partial charge in [-0.3, -0.25) is 0 Å². The molecule has 0 spiro atoms. The van der Waals surface area contributed by atoms with Gasteiger partial charge in [0.05, 0.1) is 38.1 Å². The number of benzene rings is 2. The van der Waals surface area contributed by atoms with E-state index in [0.717, 1.165) is 29.2 Å². The highest BCUT2D eigenvalue weighted by atomic mass is 16.5. The topological polar surface area (TPSA) is 76.2 Å². The van der Waals surface area contributed by atoms with E-state index in [4.69, 9.17) is 14.7 Å². The fourth-order valence-electron chi connectivity index (χ4n) is 3.13. The molecular formula is C20H19N5O2. The average Bonchev–Trinajstić information content (AvgIpc) is 3.38. The van der Waals surface area contributed by atoms with Gasteiger partial charge in [0.15, 0.2) is 6.23 Å². The summed E-state index contributed by atoms with van der Waals surface area (Å²) < 4.78 is 12.9. The summed E-state index contributed by atoms with van der Waals surface area (Å²) in [7, 11) is 1.66. The van der Waals surface area contributed by atoms with Gasteiger partial charge in [0, 0.05) is 12.2 Å². The molecule has 1 saturated heterocycles. The number of aromatic nitrogens is 3. The summed E-state index contributed by atoms with van der Waals surface area (Å²) in [6.07, 6.45) is 1.65. The van der Waals surface area contributed by atoms with Gasteiger partial charge in [-0.15, -0.1) is 5.10 Å². The molecule has 1 aliphatic heterocycles. The van der Waals surface area contributed by atoms with Crippen molar-refractivity contribution in [1.82, 2.24) is 15.0 Å². The van der Waals surface area contributed by atoms with Crippen LogP contribution < -0.4 is 9.64 Å². The van der Waals surface area contributed by atoms with Gasteiger partial charge in [-0.1, -0.05) is 17.3 Å². The van der Waals surface area contributed by atoms with Gasteiger partial charge >= 0.3 is 0 Å². The lowest BCUT2D eigenvalue weighted by Gasteiger charge is -2.23. The Bertz CT molecular complexity index is 944. The normalized spacial score (nSPS) is 16.3. The molecule has 1 aromatic heterocycles. The molecule has 0 unspecified atom stereocenters. The zero-order chi connectivity index (χ0) is 18.6. The fraction of sp³-hybridized carbons (Fsp3) is 0.250. The van der Waals surface area contributed by atoms with E-state index in [1.807, 2.05) is 42.6 Å². The van der Waals surface area contributed by atoms with E-state index >= 15 is 0 Å². The zero-order valence-corrected chi connectivity index (χ0v) is 14.9. The van der Waals surface area contributed by atoms with Gasteiger partial charge in [0.25, 0.3) is 0 Å². The molecule has 136 valence electrons. The molecule has 0 N–H and O–H groups in total. The van der Waals surface area contributed by atoms with Crippen molar-refractivity contribution < 1.29 is 9.47 Å². The fourth-order valence-corrected chi connectivity index (χ4v) is 3.13. The second-order valence-electron chi connectivity index (χ2n) is 6.26. The van der Waals surface area contributed by atoms with Crippen molar-refractivity contribution in [2.45, 2.75) is 12.8 Å². The Morgan fingerprint density at radius 3 is 2.67 bits per heavy atom. The van der Waals surface area contributed by atoms with E-state index in [2.05, 4.69) is 21.3 Å². The standard InChI is InChI=1S/C20H19N5O2/c1-26-18-8-6-17(7-9-18)25-10-11-27-20(25)19-14-24(23-22-19)13-16-4-2-15(12-21)3-5-16/h2-9,14,20H,10-11,13H2,1H3/t20-/m1/s1. The summed E-state index contributed by atoms with van der Waals surface area (Å²) in [5.74, 6) is 0.823. The van der Waals surface area contributed by atoms with Gasteiger partial charge in [-0.05, 0) is 42.0 Å². The zero-order valence-electron chi connectivity index (χ0n) is 14.9. The highest BCUT2D eigenvalue weighted by Crippen LogP contribution is 2.31. The summed E-state index contributed by atoms with van der Waals surface area (Å²) in [5, 5.41) is 17.4. The minimum Gasteiger partial charge on any atom is -0.497 e. The lowest BCUT2D eigenvalue weighted by atomic mass is 10.1. The molecule has 2 aromatic carbocycles. The van der Waals surface area contributed by atoms with Crippen LogP contribution in [0, 0.1) is 11.3 Å². The number of hydrogen-bond acceptors (Lipinski definition) is 6. The third-order valence-electron chi connectivity index (χ3n) is 4.53. The van der Waals surface area contributed by atoms with E-state index in [1.165, 1.54) is 0 Å². The van der Waals surface area contributed by atoms with Crippen LogP contribution in [0.3, 0.4) is 0 Å². The molecule has 7 heteroatoms. The van der Waals surface area contributed by atoms with Gasteiger partial charge < -0.3 is 14.4 Å². The second-order valence-corrected chi connectivity index (χ2v) is 6.26. The van der Waals surface area contributed by atoms with E-state index < -0.39 is 0 Å². The van der Waals surface area contributed by atoms with Crippen molar-refractivity contribution in [1.29, 1.82) is 5.26 Å². The summed E-state index contributed by atoms with van der Waals surface area (Å²) >= 11 is 0. The molecule has 0 radical (unpaired) electrons. The first-order valence-electron chi connectivity index (χ1n) is 8.68. The van der Waals surface area contributed by atoms with Gasteiger partial charge in [-0.25, -0.2) is 4.68 Å². The molecule has 1 aliphatic rings. The highest BCUT2D eigenvalue weighted by Gasteiger charge is 2.29. The summed E-state index contributed by atoms with van der Waals surface area (Å²) in [6, 6.07) is 17.5. The van der Waals surface area contributed by atoms with E-state index in [9.17, 15) is 0 Å². The number of hydrogen-bond donors (Lipinski definition) is 0. The van der Waals surface area contributed by atoms with E-state index in [0.29, 0.717) is 18.7 Å². The monoisotopic (exact) mass is 361 g/mol. The molecule has 1 fully saturated rings. The smallest absolute Gasteiger partial charge is 0.177 e. The molecule has 0 saturated carbocycles. The van der Waals surface area contributed by atoms with Gasteiger partial charge in [0.1, 0.15) is 11.4 Å². The minimum atomic E-state index is -0.256. The molecule has 0 aliphatic carbocycles. The molecule has 1 atom stereocenters. The number of ether oxygens (including phenoxy) is 2. The van der Waals surface area contributed by atoms with Crippen LogP contribution in [-0.2, 0) is 11.3 Å². The third kappa shape index (κ3) is 3.61. The molecule has 2 heterocycles. The minimum absolute atomic E-state index is 0.256. The lowest BCUT2D eigenvalue weighted by molar-refractivity contribution is 0.110. The first kappa shape index (κ1) is 17.1. The van der Waals surface area contributed by atoms with E-state index in [1.54, 1.807) is 23.9 Å². The number of rotatable bonds is 5. The SMILES string of the molecule is COc1ccc(N2CCO[C@@H]2c2cn(Cc3ccc(C#N)cc3)nn2)cc1.